The largest absolute Gasteiger partial charge is 0.481 e. The molecule has 1 amide bonds. The van der Waals surface area contributed by atoms with Crippen LogP contribution in [0.1, 0.15) is 62.6 Å². The van der Waals surface area contributed by atoms with Gasteiger partial charge in [0.15, 0.2) is 5.82 Å². The monoisotopic (exact) mass is 572 g/mol. The van der Waals surface area contributed by atoms with Gasteiger partial charge < -0.3 is 16.2 Å². The summed E-state index contributed by atoms with van der Waals surface area (Å²) in [6.07, 6.45) is 5.25. The van der Waals surface area contributed by atoms with E-state index in [1.807, 2.05) is 47.1 Å². The molecule has 41 heavy (non-hydrogen) atoms. The predicted octanol–water partition coefficient (Wildman–Crippen LogP) is 5.83. The number of fused-ring (bicyclic) bond motifs is 2. The van der Waals surface area contributed by atoms with Crippen LogP contribution in [0, 0.1) is 11.8 Å². The van der Waals surface area contributed by atoms with Crippen LogP contribution in [-0.4, -0.2) is 36.7 Å². The molecule has 3 heterocycles. The number of carboxylic acids is 1. The van der Waals surface area contributed by atoms with Crippen LogP contribution in [0.5, 0.6) is 0 Å². The van der Waals surface area contributed by atoms with Crippen LogP contribution >= 0.6 is 11.6 Å². The van der Waals surface area contributed by atoms with E-state index >= 15 is 0 Å². The first-order valence-electron chi connectivity index (χ1n) is 14.1. The number of aliphatic carboxylic acids is 1. The van der Waals surface area contributed by atoms with Gasteiger partial charge in [0.1, 0.15) is 22.7 Å². The highest BCUT2D eigenvalue weighted by Gasteiger charge is 2.47. The van der Waals surface area contributed by atoms with Crippen molar-refractivity contribution in [3.63, 3.8) is 0 Å². The fourth-order valence-electron chi connectivity index (χ4n) is 6.25. The van der Waals surface area contributed by atoms with Gasteiger partial charge in [-0.25, -0.2) is 9.97 Å². The number of nitrogens with two attached hydrogens (primary N) is 1. The molecule has 0 spiro atoms. The normalized spacial score (nSPS) is 22.1. The first-order valence-corrected chi connectivity index (χ1v) is 14.5. The second-order valence-electron chi connectivity index (χ2n) is 11.6. The molecule has 2 aromatic heterocycles. The van der Waals surface area contributed by atoms with Crippen LogP contribution in [0.25, 0.3) is 22.4 Å². The van der Waals surface area contributed by atoms with Crippen molar-refractivity contribution in [3.8, 4) is 11.5 Å². The van der Waals surface area contributed by atoms with E-state index in [-0.39, 0.29) is 18.1 Å². The van der Waals surface area contributed by atoms with Crippen molar-refractivity contribution < 1.29 is 14.7 Å². The van der Waals surface area contributed by atoms with Crippen molar-refractivity contribution in [1.82, 2.24) is 19.7 Å². The molecule has 4 aromatic rings. The van der Waals surface area contributed by atoms with E-state index in [0.29, 0.717) is 40.3 Å². The van der Waals surface area contributed by atoms with Crippen molar-refractivity contribution in [2.75, 3.05) is 11.1 Å². The summed E-state index contributed by atoms with van der Waals surface area (Å²) in [5.41, 5.74) is 9.11. The third-order valence-corrected chi connectivity index (χ3v) is 9.01. The fraction of sp³-hybridized carbons (Fsp3) is 0.387. The number of hydrogen-bond donors (Lipinski definition) is 3. The maximum absolute atomic E-state index is 13.4. The number of nitrogen functional groups attached to an aromatic ring is 1. The molecule has 2 aromatic carbocycles. The lowest BCUT2D eigenvalue weighted by Gasteiger charge is -2.26. The maximum Gasteiger partial charge on any atom is 0.303 e. The Kier molecular flexibility index (Phi) is 6.93. The molecule has 0 saturated heterocycles. The van der Waals surface area contributed by atoms with E-state index < -0.39 is 11.4 Å². The van der Waals surface area contributed by atoms with E-state index in [0.717, 1.165) is 34.5 Å². The number of amides is 1. The Labute approximate surface area is 243 Å². The van der Waals surface area contributed by atoms with Crippen molar-refractivity contribution in [3.05, 3.63) is 64.2 Å². The number of nitrogens with one attached hydrogen (secondary N) is 1. The summed E-state index contributed by atoms with van der Waals surface area (Å²) in [5.74, 6) is 1.13. The lowest BCUT2D eigenvalue weighted by molar-refractivity contribution is -0.137. The molecule has 1 fully saturated rings. The molecule has 1 aliphatic heterocycles. The van der Waals surface area contributed by atoms with Gasteiger partial charge >= 0.3 is 5.97 Å². The molecule has 1 aliphatic carbocycles. The van der Waals surface area contributed by atoms with Gasteiger partial charge in [0.25, 0.3) is 0 Å². The predicted molar refractivity (Wildman–Crippen MR) is 159 cm³/mol. The molecular formula is C31H33ClN6O3. The Morgan fingerprint density at radius 3 is 2.59 bits per heavy atom. The highest BCUT2D eigenvalue weighted by molar-refractivity contribution is 6.31. The molecular weight excluding hydrogens is 540 g/mol. The summed E-state index contributed by atoms with van der Waals surface area (Å²) >= 11 is 6.39. The molecule has 2 aliphatic rings. The molecule has 10 heteroatoms. The van der Waals surface area contributed by atoms with E-state index in [4.69, 9.17) is 32.5 Å². The first-order chi connectivity index (χ1) is 19.6. The van der Waals surface area contributed by atoms with Crippen LogP contribution in [0.3, 0.4) is 0 Å². The maximum atomic E-state index is 13.4. The summed E-state index contributed by atoms with van der Waals surface area (Å²) < 4.78 is 2.01. The van der Waals surface area contributed by atoms with Gasteiger partial charge in [-0.3, -0.25) is 14.3 Å². The minimum atomic E-state index is -1.10. The molecule has 6 rings (SSSR count). The number of hydrogen-bond acceptors (Lipinski definition) is 6. The Morgan fingerprint density at radius 2 is 1.88 bits per heavy atom. The summed E-state index contributed by atoms with van der Waals surface area (Å²) in [4.78, 5) is 33.8. The Bertz CT molecular complexity index is 1660. The SMILES string of the molecule is CC1CCC(Cn2nc(-c3nc(N)c4c(n3)NC(=O)C4(C)c3ccc(CCC(=O)O)cc3)c3ccc(Cl)cc32)CC1. The first kappa shape index (κ1) is 27.2. The van der Waals surface area contributed by atoms with Gasteiger partial charge in [-0.1, -0.05) is 55.6 Å². The molecule has 1 unspecified atom stereocenters. The standard InChI is InChI=1S/C31H33ClN6O3/c1-17-3-5-19(6-4-17)16-38-23-15-21(32)12-13-22(23)26(37-38)29-34-27(33)25-28(35-29)36-30(41)31(25,2)20-10-7-18(8-11-20)9-14-24(39)40/h7-8,10-13,15,17,19H,3-6,9,14,16H2,1-2H3,(H,39,40)(H3,33,34,35,36,41). The molecule has 0 radical (unpaired) electrons. The molecule has 4 N–H and O–H groups in total. The molecule has 1 atom stereocenters. The van der Waals surface area contributed by atoms with Crippen molar-refractivity contribution in [2.45, 2.75) is 64.3 Å². The summed E-state index contributed by atoms with van der Waals surface area (Å²) in [5, 5.41) is 18.4. The minimum absolute atomic E-state index is 0.0417. The van der Waals surface area contributed by atoms with E-state index in [9.17, 15) is 9.59 Å². The lowest BCUT2D eigenvalue weighted by Crippen LogP contribution is -2.33. The number of benzene rings is 2. The number of aromatic nitrogens is 4. The van der Waals surface area contributed by atoms with Gasteiger partial charge in [-0.15, -0.1) is 0 Å². The molecule has 212 valence electrons. The van der Waals surface area contributed by atoms with Gasteiger partial charge in [0.2, 0.25) is 5.91 Å². The second kappa shape index (κ2) is 10.4. The zero-order valence-electron chi connectivity index (χ0n) is 23.2. The number of carbonyl (C=O) groups excluding carboxylic acids is 1. The third kappa shape index (κ3) is 4.92. The van der Waals surface area contributed by atoms with Crippen LogP contribution in [0.4, 0.5) is 11.6 Å². The number of rotatable bonds is 7. The van der Waals surface area contributed by atoms with Crippen LogP contribution in [0.2, 0.25) is 5.02 Å². The number of halogens is 1. The van der Waals surface area contributed by atoms with E-state index in [2.05, 4.69) is 17.2 Å². The summed E-state index contributed by atoms with van der Waals surface area (Å²) in [6.45, 7) is 4.91. The van der Waals surface area contributed by atoms with Gasteiger partial charge in [0.05, 0.1) is 11.1 Å². The Morgan fingerprint density at radius 1 is 1.15 bits per heavy atom. The number of aryl methyl sites for hydroxylation is 1. The molecule has 0 bridgehead atoms. The van der Waals surface area contributed by atoms with E-state index in [1.165, 1.54) is 25.7 Å². The van der Waals surface area contributed by atoms with Gasteiger partial charge in [-0.2, -0.15) is 5.10 Å². The number of anilines is 2. The number of nitrogens with zero attached hydrogens (tertiary/aromatic N) is 4. The van der Waals surface area contributed by atoms with Crippen molar-refractivity contribution >= 4 is 46.0 Å². The van der Waals surface area contributed by atoms with Gasteiger partial charge in [-0.05, 0) is 67.3 Å². The molecule has 9 nitrogen and oxygen atoms in total. The zero-order chi connectivity index (χ0) is 28.9. The molecule has 1 saturated carbocycles. The number of carboxylic acid groups (broad SMARTS) is 1. The average Bonchev–Trinajstić information content (AvgIpc) is 3.43. The smallest absolute Gasteiger partial charge is 0.303 e. The number of carbonyl (C=O) groups is 2. The van der Waals surface area contributed by atoms with Crippen LogP contribution in [-0.2, 0) is 28.0 Å². The highest BCUT2D eigenvalue weighted by atomic mass is 35.5. The minimum Gasteiger partial charge on any atom is -0.481 e. The van der Waals surface area contributed by atoms with Crippen molar-refractivity contribution in [2.24, 2.45) is 11.8 Å². The Hall–Kier alpha value is -3.98. The van der Waals surface area contributed by atoms with Crippen molar-refractivity contribution in [1.29, 1.82) is 0 Å². The quantitative estimate of drug-likeness (QED) is 0.253. The summed E-state index contributed by atoms with van der Waals surface area (Å²) in [6, 6.07) is 13.1. The fourth-order valence-corrected chi connectivity index (χ4v) is 6.42. The average molecular weight is 573 g/mol. The Balaban J connectivity index is 1.37. The van der Waals surface area contributed by atoms with Gasteiger partial charge in [0, 0.05) is 23.4 Å². The topological polar surface area (TPSA) is 136 Å². The summed E-state index contributed by atoms with van der Waals surface area (Å²) in [7, 11) is 0. The highest BCUT2D eigenvalue weighted by Crippen LogP contribution is 2.45. The van der Waals surface area contributed by atoms with Crippen LogP contribution < -0.4 is 11.1 Å². The lowest BCUT2D eigenvalue weighted by atomic mass is 9.77. The second-order valence-corrected chi connectivity index (χ2v) is 12.1. The third-order valence-electron chi connectivity index (χ3n) is 8.77. The zero-order valence-corrected chi connectivity index (χ0v) is 23.9. The van der Waals surface area contributed by atoms with E-state index in [1.54, 1.807) is 6.92 Å². The van der Waals surface area contributed by atoms with Crippen LogP contribution in [0.15, 0.2) is 42.5 Å².